The predicted octanol–water partition coefficient (Wildman–Crippen LogP) is 3.91. The molecule has 27 heavy (non-hydrogen) atoms. The zero-order valence-corrected chi connectivity index (χ0v) is 17.5. The first-order chi connectivity index (χ1) is 12.6. The second-order valence-corrected chi connectivity index (χ2v) is 9.08. The van der Waals surface area contributed by atoms with Crippen molar-refractivity contribution in [2.24, 2.45) is 5.92 Å². The minimum absolute atomic E-state index is 0.206. The van der Waals surface area contributed by atoms with Crippen LogP contribution in [0, 0.1) is 5.92 Å². The lowest BCUT2D eigenvalue weighted by Gasteiger charge is -2.33. The second kappa shape index (κ2) is 9.56. The first kappa shape index (κ1) is 21.7. The van der Waals surface area contributed by atoms with Crippen molar-refractivity contribution in [1.82, 2.24) is 9.80 Å². The standard InChI is InChI=1S/C22H36N2O3/c1-17(2)11-12-19-14-24(21(26)27-22(3,4)5)16-20(25)15-23(19)13-18-9-7-6-8-10-18/h6-10,17,19-20,25H,11-16H2,1-5H3/t19?,20-/m0/s1. The summed E-state index contributed by atoms with van der Waals surface area (Å²) in [5.74, 6) is 0.603. The van der Waals surface area contributed by atoms with Gasteiger partial charge in [-0.1, -0.05) is 44.2 Å². The lowest BCUT2D eigenvalue weighted by atomic mass is 10.0. The number of hydrogen-bond donors (Lipinski definition) is 1. The molecule has 1 heterocycles. The van der Waals surface area contributed by atoms with Crippen LogP contribution < -0.4 is 0 Å². The molecule has 5 nitrogen and oxygen atoms in total. The molecule has 1 aromatic carbocycles. The van der Waals surface area contributed by atoms with Gasteiger partial charge in [0.2, 0.25) is 0 Å². The number of nitrogens with zero attached hydrogens (tertiary/aromatic N) is 2. The SMILES string of the molecule is CC(C)CCC1CN(C(=O)OC(C)(C)C)C[C@@H](O)CN1Cc1ccccc1. The lowest BCUT2D eigenvalue weighted by molar-refractivity contribution is 0.0173. The van der Waals surface area contributed by atoms with E-state index in [0.717, 1.165) is 19.4 Å². The molecule has 0 spiro atoms. The zero-order chi connectivity index (χ0) is 20.0. The number of β-amino-alcohol motifs (C(OH)–C–C–N with tert-alkyl or cyclic N) is 1. The summed E-state index contributed by atoms with van der Waals surface area (Å²) in [5.41, 5.74) is 0.691. The van der Waals surface area contributed by atoms with Crippen LogP contribution in [0.5, 0.6) is 0 Å². The second-order valence-electron chi connectivity index (χ2n) is 9.08. The van der Waals surface area contributed by atoms with Crippen LogP contribution in [0.3, 0.4) is 0 Å². The van der Waals surface area contributed by atoms with Gasteiger partial charge in [-0.3, -0.25) is 4.90 Å². The molecule has 1 saturated heterocycles. The van der Waals surface area contributed by atoms with E-state index in [-0.39, 0.29) is 12.1 Å². The molecular formula is C22H36N2O3. The Labute approximate surface area is 164 Å². The molecule has 2 atom stereocenters. The molecule has 1 aliphatic rings. The number of amides is 1. The van der Waals surface area contributed by atoms with Crippen molar-refractivity contribution in [3.05, 3.63) is 35.9 Å². The van der Waals surface area contributed by atoms with E-state index in [1.807, 2.05) is 39.0 Å². The van der Waals surface area contributed by atoms with Gasteiger partial charge >= 0.3 is 6.09 Å². The fraction of sp³-hybridized carbons (Fsp3) is 0.682. The van der Waals surface area contributed by atoms with E-state index < -0.39 is 11.7 Å². The van der Waals surface area contributed by atoms with Gasteiger partial charge in [0.05, 0.1) is 12.6 Å². The van der Waals surface area contributed by atoms with Crippen molar-refractivity contribution in [3.63, 3.8) is 0 Å². The number of aliphatic hydroxyl groups is 1. The largest absolute Gasteiger partial charge is 0.444 e. The number of ether oxygens (including phenoxy) is 1. The summed E-state index contributed by atoms with van der Waals surface area (Å²) in [5, 5.41) is 10.6. The van der Waals surface area contributed by atoms with Gasteiger partial charge in [0, 0.05) is 25.7 Å². The molecule has 5 heteroatoms. The Kier molecular flexibility index (Phi) is 7.68. The number of benzene rings is 1. The predicted molar refractivity (Wildman–Crippen MR) is 109 cm³/mol. The molecule has 0 radical (unpaired) electrons. The molecule has 1 aromatic rings. The molecule has 152 valence electrons. The first-order valence-electron chi connectivity index (χ1n) is 10.1. The van der Waals surface area contributed by atoms with E-state index in [1.165, 1.54) is 5.56 Å². The Balaban J connectivity index is 2.16. The number of hydrogen-bond acceptors (Lipinski definition) is 4. The summed E-state index contributed by atoms with van der Waals surface area (Å²) in [7, 11) is 0. The van der Waals surface area contributed by atoms with E-state index in [2.05, 4.69) is 30.9 Å². The zero-order valence-electron chi connectivity index (χ0n) is 17.5. The number of carbonyl (C=O) groups excluding carboxylic acids is 1. The third-order valence-electron chi connectivity index (χ3n) is 4.78. The highest BCUT2D eigenvalue weighted by atomic mass is 16.6. The molecule has 1 amide bonds. The number of rotatable bonds is 5. The van der Waals surface area contributed by atoms with Crippen molar-refractivity contribution in [1.29, 1.82) is 0 Å². The van der Waals surface area contributed by atoms with E-state index in [9.17, 15) is 9.90 Å². The van der Waals surface area contributed by atoms with Gasteiger partial charge in [-0.2, -0.15) is 0 Å². The maximum atomic E-state index is 12.6. The topological polar surface area (TPSA) is 53.0 Å². The third-order valence-corrected chi connectivity index (χ3v) is 4.78. The molecule has 1 fully saturated rings. The summed E-state index contributed by atoms with van der Waals surface area (Å²) in [4.78, 5) is 16.6. The van der Waals surface area contributed by atoms with Gasteiger partial charge < -0.3 is 14.7 Å². The van der Waals surface area contributed by atoms with Crippen LogP contribution in [0.15, 0.2) is 30.3 Å². The Bertz CT molecular complexity index is 583. The monoisotopic (exact) mass is 376 g/mol. The van der Waals surface area contributed by atoms with Crippen molar-refractivity contribution in [2.75, 3.05) is 19.6 Å². The molecule has 1 aliphatic heterocycles. The van der Waals surface area contributed by atoms with E-state index in [4.69, 9.17) is 4.74 Å². The first-order valence-corrected chi connectivity index (χ1v) is 10.1. The molecule has 2 rings (SSSR count). The van der Waals surface area contributed by atoms with Crippen LogP contribution in [0.2, 0.25) is 0 Å². The van der Waals surface area contributed by atoms with Crippen LogP contribution >= 0.6 is 0 Å². The molecule has 1 N–H and O–H groups in total. The summed E-state index contributed by atoms with van der Waals surface area (Å²) in [6, 6.07) is 10.5. The third kappa shape index (κ3) is 7.51. The van der Waals surface area contributed by atoms with E-state index in [1.54, 1.807) is 4.90 Å². The van der Waals surface area contributed by atoms with Crippen LogP contribution in [0.4, 0.5) is 4.79 Å². The van der Waals surface area contributed by atoms with Crippen LogP contribution in [0.1, 0.15) is 53.0 Å². The molecule has 0 aliphatic carbocycles. The van der Waals surface area contributed by atoms with Crippen molar-refractivity contribution in [3.8, 4) is 0 Å². The van der Waals surface area contributed by atoms with Crippen LogP contribution in [0.25, 0.3) is 0 Å². The lowest BCUT2D eigenvalue weighted by Crippen LogP contribution is -2.44. The average molecular weight is 377 g/mol. The van der Waals surface area contributed by atoms with Gasteiger partial charge in [-0.05, 0) is 45.1 Å². The van der Waals surface area contributed by atoms with Crippen LogP contribution in [-0.4, -0.2) is 58.4 Å². The highest BCUT2D eigenvalue weighted by Gasteiger charge is 2.33. The number of carbonyl (C=O) groups is 1. The highest BCUT2D eigenvalue weighted by molar-refractivity contribution is 5.68. The Morgan fingerprint density at radius 3 is 2.44 bits per heavy atom. The van der Waals surface area contributed by atoms with Crippen LogP contribution in [-0.2, 0) is 11.3 Å². The maximum absolute atomic E-state index is 12.6. The van der Waals surface area contributed by atoms with Crippen molar-refractivity contribution >= 4 is 6.09 Å². The summed E-state index contributed by atoms with van der Waals surface area (Å²) < 4.78 is 5.57. The number of aliphatic hydroxyl groups excluding tert-OH is 1. The molecule has 1 unspecified atom stereocenters. The van der Waals surface area contributed by atoms with Crippen molar-refractivity contribution < 1.29 is 14.6 Å². The normalized spacial score (nSPS) is 22.0. The van der Waals surface area contributed by atoms with Gasteiger partial charge in [-0.15, -0.1) is 0 Å². The summed E-state index contributed by atoms with van der Waals surface area (Å²) >= 11 is 0. The fourth-order valence-corrected chi connectivity index (χ4v) is 3.46. The Morgan fingerprint density at radius 1 is 1.19 bits per heavy atom. The molecule has 0 bridgehead atoms. The van der Waals surface area contributed by atoms with E-state index >= 15 is 0 Å². The minimum atomic E-state index is -0.578. The van der Waals surface area contributed by atoms with Gasteiger partial charge in [0.1, 0.15) is 5.60 Å². The van der Waals surface area contributed by atoms with Gasteiger partial charge in [0.15, 0.2) is 0 Å². The minimum Gasteiger partial charge on any atom is -0.444 e. The average Bonchev–Trinajstić information content (AvgIpc) is 2.71. The van der Waals surface area contributed by atoms with Gasteiger partial charge in [0.25, 0.3) is 0 Å². The molecule has 0 saturated carbocycles. The fourth-order valence-electron chi connectivity index (χ4n) is 3.46. The smallest absolute Gasteiger partial charge is 0.410 e. The maximum Gasteiger partial charge on any atom is 0.410 e. The quantitative estimate of drug-likeness (QED) is 0.847. The molecule has 0 aromatic heterocycles. The van der Waals surface area contributed by atoms with E-state index in [0.29, 0.717) is 25.6 Å². The summed E-state index contributed by atoms with van der Waals surface area (Å²) in [6.07, 6.45) is 1.17. The van der Waals surface area contributed by atoms with Crippen molar-refractivity contribution in [2.45, 2.75) is 71.8 Å². The molecular weight excluding hydrogens is 340 g/mol. The highest BCUT2D eigenvalue weighted by Crippen LogP contribution is 2.21. The summed E-state index contributed by atoms with van der Waals surface area (Å²) in [6.45, 7) is 12.3. The Hall–Kier alpha value is -1.59. The Morgan fingerprint density at radius 2 is 1.85 bits per heavy atom. The van der Waals surface area contributed by atoms with Gasteiger partial charge in [-0.25, -0.2) is 4.79 Å².